The van der Waals surface area contributed by atoms with Crippen molar-refractivity contribution in [2.45, 2.75) is 33.6 Å². The number of hydrogen-bond donors (Lipinski definition) is 0. The molecule has 0 aromatic carbocycles. The van der Waals surface area contributed by atoms with Gasteiger partial charge in [-0.3, -0.25) is 0 Å². The number of allylic oxidation sites excluding steroid dienone is 2. The van der Waals surface area contributed by atoms with Crippen LogP contribution in [0.4, 0.5) is 0 Å². The third kappa shape index (κ3) is 0.744. The topological polar surface area (TPSA) is 0 Å². The summed E-state index contributed by atoms with van der Waals surface area (Å²) in [6.45, 7) is 7.05. The van der Waals surface area contributed by atoms with E-state index in [1.54, 1.807) is 5.57 Å². The average molecular weight is 136 g/mol. The quantitative estimate of drug-likeness (QED) is 0.486. The molecule has 0 amide bonds. The highest BCUT2D eigenvalue weighted by Crippen LogP contribution is 2.55. The zero-order valence-electron chi connectivity index (χ0n) is 7.15. The van der Waals surface area contributed by atoms with Crippen molar-refractivity contribution in [2.24, 2.45) is 17.8 Å². The smallest absolute Gasteiger partial charge is 0.0157 e. The Bertz CT molecular complexity index is 186. The predicted molar refractivity (Wildman–Crippen MR) is 43.8 cm³/mol. The first-order chi connectivity index (χ1) is 4.70. The minimum Gasteiger partial charge on any atom is -0.0664 e. The van der Waals surface area contributed by atoms with Gasteiger partial charge in [0.2, 0.25) is 0 Å². The van der Waals surface area contributed by atoms with E-state index in [9.17, 15) is 0 Å². The van der Waals surface area contributed by atoms with Crippen molar-refractivity contribution in [3.63, 3.8) is 0 Å². The largest absolute Gasteiger partial charge is 0.0664 e. The van der Waals surface area contributed by atoms with E-state index in [-0.39, 0.29) is 0 Å². The van der Waals surface area contributed by atoms with Gasteiger partial charge < -0.3 is 0 Å². The maximum absolute atomic E-state index is 2.38. The van der Waals surface area contributed by atoms with Gasteiger partial charge in [0.25, 0.3) is 0 Å². The summed E-state index contributed by atoms with van der Waals surface area (Å²) in [4.78, 5) is 0. The molecule has 10 heavy (non-hydrogen) atoms. The summed E-state index contributed by atoms with van der Waals surface area (Å²) in [5.74, 6) is 2.76. The second-order valence-corrected chi connectivity index (χ2v) is 4.17. The van der Waals surface area contributed by atoms with Gasteiger partial charge in [0.15, 0.2) is 0 Å². The molecular weight excluding hydrogens is 120 g/mol. The molecule has 0 heteroatoms. The van der Waals surface area contributed by atoms with Crippen LogP contribution >= 0.6 is 0 Å². The van der Waals surface area contributed by atoms with E-state index in [0.717, 1.165) is 17.8 Å². The molecule has 0 spiro atoms. The molecule has 0 bridgehead atoms. The first kappa shape index (κ1) is 6.45. The number of fused-ring (bicyclic) bond motifs is 1. The minimum atomic E-state index is 0.817. The van der Waals surface area contributed by atoms with Crippen LogP contribution in [0.3, 0.4) is 0 Å². The van der Waals surface area contributed by atoms with Crippen LogP contribution in [0.25, 0.3) is 0 Å². The lowest BCUT2D eigenvalue weighted by atomic mass is 9.91. The van der Waals surface area contributed by atoms with E-state index in [2.05, 4.69) is 20.8 Å². The Balaban J connectivity index is 2.25. The molecule has 2 rings (SSSR count). The molecule has 2 aliphatic carbocycles. The van der Waals surface area contributed by atoms with Gasteiger partial charge in [-0.1, -0.05) is 31.9 Å². The fourth-order valence-electron chi connectivity index (χ4n) is 2.60. The zero-order valence-corrected chi connectivity index (χ0v) is 7.15. The molecule has 0 radical (unpaired) electrons. The Labute approximate surface area is 63.3 Å². The third-order valence-electron chi connectivity index (χ3n) is 2.96. The highest BCUT2D eigenvalue weighted by Gasteiger charge is 2.41. The van der Waals surface area contributed by atoms with Gasteiger partial charge in [0.1, 0.15) is 0 Å². The van der Waals surface area contributed by atoms with Gasteiger partial charge in [0, 0.05) is 0 Å². The first-order valence-electron chi connectivity index (χ1n) is 4.43. The summed E-state index contributed by atoms with van der Waals surface area (Å²) in [7, 11) is 0. The molecular formula is C10H16. The second-order valence-electron chi connectivity index (χ2n) is 4.17. The molecule has 0 aliphatic heterocycles. The molecule has 0 aromatic heterocycles. The summed E-state index contributed by atoms with van der Waals surface area (Å²) < 4.78 is 0. The van der Waals surface area contributed by atoms with Crippen molar-refractivity contribution in [2.75, 3.05) is 0 Å². The van der Waals surface area contributed by atoms with Crippen molar-refractivity contribution < 1.29 is 0 Å². The molecule has 56 valence electrons. The van der Waals surface area contributed by atoms with Crippen LogP contribution in [-0.2, 0) is 0 Å². The van der Waals surface area contributed by atoms with E-state index < -0.39 is 0 Å². The summed E-state index contributed by atoms with van der Waals surface area (Å²) in [5, 5.41) is 0. The normalized spacial score (nSPS) is 37.2. The van der Waals surface area contributed by atoms with Crippen LogP contribution in [0.1, 0.15) is 33.6 Å². The highest BCUT2D eigenvalue weighted by atomic mass is 14.5. The molecule has 0 N–H and O–H groups in total. The summed E-state index contributed by atoms with van der Waals surface area (Å²) in [6, 6.07) is 0. The summed E-state index contributed by atoms with van der Waals surface area (Å²) in [6.07, 6.45) is 2.90. The Morgan fingerprint density at radius 2 is 2.10 bits per heavy atom. The number of hydrogen-bond acceptors (Lipinski definition) is 0. The van der Waals surface area contributed by atoms with Gasteiger partial charge in [-0.15, -0.1) is 0 Å². The van der Waals surface area contributed by atoms with Crippen LogP contribution in [0.15, 0.2) is 11.1 Å². The summed E-state index contributed by atoms with van der Waals surface area (Å²) >= 11 is 0. The van der Waals surface area contributed by atoms with Gasteiger partial charge in [-0.25, -0.2) is 0 Å². The van der Waals surface area contributed by atoms with Crippen LogP contribution < -0.4 is 0 Å². The van der Waals surface area contributed by atoms with Crippen molar-refractivity contribution in [1.29, 1.82) is 0 Å². The van der Waals surface area contributed by atoms with Crippen molar-refractivity contribution in [1.82, 2.24) is 0 Å². The van der Waals surface area contributed by atoms with Crippen LogP contribution in [0.2, 0.25) is 0 Å². The van der Waals surface area contributed by atoms with Crippen molar-refractivity contribution in [3.05, 3.63) is 11.1 Å². The Morgan fingerprint density at radius 3 is 2.40 bits per heavy atom. The van der Waals surface area contributed by atoms with Crippen LogP contribution in [0.5, 0.6) is 0 Å². The molecule has 0 aromatic rings. The standard InChI is InChI=1S/C10H16/c1-6(2)10-7(3)4-8-5-9(8)10/h6-8H,4-5H2,1-3H3. The van der Waals surface area contributed by atoms with Crippen molar-refractivity contribution in [3.8, 4) is 0 Å². The van der Waals surface area contributed by atoms with Gasteiger partial charge >= 0.3 is 0 Å². The Hall–Kier alpha value is -0.260. The molecule has 2 atom stereocenters. The monoisotopic (exact) mass is 136 g/mol. The lowest BCUT2D eigenvalue weighted by molar-refractivity contribution is 0.549. The average Bonchev–Trinajstić information content (AvgIpc) is 2.42. The third-order valence-corrected chi connectivity index (χ3v) is 2.96. The fraction of sp³-hybridized carbons (Fsp3) is 0.800. The van der Waals surface area contributed by atoms with Gasteiger partial charge in [-0.2, -0.15) is 0 Å². The van der Waals surface area contributed by atoms with Gasteiger partial charge in [-0.05, 0) is 30.6 Å². The minimum absolute atomic E-state index is 0.817. The molecule has 1 fully saturated rings. The molecule has 0 saturated heterocycles. The van der Waals surface area contributed by atoms with E-state index in [1.807, 2.05) is 5.57 Å². The van der Waals surface area contributed by atoms with Crippen molar-refractivity contribution >= 4 is 0 Å². The summed E-state index contributed by atoms with van der Waals surface area (Å²) in [5.41, 5.74) is 3.62. The lowest BCUT2D eigenvalue weighted by Gasteiger charge is -2.14. The molecule has 2 aliphatic rings. The second kappa shape index (κ2) is 1.87. The van der Waals surface area contributed by atoms with Gasteiger partial charge in [0.05, 0.1) is 0 Å². The predicted octanol–water partition coefficient (Wildman–Crippen LogP) is 3.00. The van der Waals surface area contributed by atoms with E-state index in [1.165, 1.54) is 12.8 Å². The molecule has 2 unspecified atom stereocenters. The first-order valence-corrected chi connectivity index (χ1v) is 4.43. The van der Waals surface area contributed by atoms with E-state index in [4.69, 9.17) is 0 Å². The fourth-order valence-corrected chi connectivity index (χ4v) is 2.60. The lowest BCUT2D eigenvalue weighted by Crippen LogP contribution is -2.02. The SMILES string of the molecule is CC(C)C1=C2CC2CC1C. The van der Waals surface area contributed by atoms with Crippen LogP contribution in [-0.4, -0.2) is 0 Å². The zero-order chi connectivity index (χ0) is 7.30. The maximum Gasteiger partial charge on any atom is -0.0157 e. The Kier molecular flexibility index (Phi) is 1.21. The molecule has 0 nitrogen and oxygen atoms in total. The molecule has 1 saturated carbocycles. The highest BCUT2D eigenvalue weighted by molar-refractivity contribution is 5.37. The number of rotatable bonds is 1. The van der Waals surface area contributed by atoms with E-state index in [0.29, 0.717) is 0 Å². The van der Waals surface area contributed by atoms with Crippen LogP contribution in [0, 0.1) is 17.8 Å². The molecule has 0 heterocycles. The Morgan fingerprint density at radius 1 is 1.40 bits per heavy atom. The van der Waals surface area contributed by atoms with E-state index >= 15 is 0 Å². The maximum atomic E-state index is 2.38.